The third-order valence-electron chi connectivity index (χ3n) is 3.62. The van der Waals surface area contributed by atoms with E-state index in [2.05, 4.69) is 0 Å². The van der Waals surface area contributed by atoms with Crippen molar-refractivity contribution in [1.82, 2.24) is 0 Å². The number of aliphatic hydroxyl groups is 1. The molecule has 0 spiro atoms. The van der Waals surface area contributed by atoms with E-state index in [4.69, 9.17) is 4.74 Å². The SMILES string of the molecule is CCCOc1ccccc1C(O)CC1CCS(=O)(=O)C1. The Kier molecular flexibility index (Phi) is 5.05. The summed E-state index contributed by atoms with van der Waals surface area (Å²) in [6, 6.07) is 7.43. The lowest BCUT2D eigenvalue weighted by atomic mass is 9.96. The second kappa shape index (κ2) is 6.59. The van der Waals surface area contributed by atoms with E-state index in [0.717, 1.165) is 12.0 Å². The Balaban J connectivity index is 2.03. The molecule has 4 nitrogen and oxygen atoms in total. The van der Waals surface area contributed by atoms with Crippen molar-refractivity contribution in [2.45, 2.75) is 32.3 Å². The lowest BCUT2D eigenvalue weighted by Gasteiger charge is -2.18. The third-order valence-corrected chi connectivity index (χ3v) is 5.46. The van der Waals surface area contributed by atoms with Crippen LogP contribution in [0.25, 0.3) is 0 Å². The van der Waals surface area contributed by atoms with Gasteiger partial charge in [-0.1, -0.05) is 25.1 Å². The molecule has 0 saturated carbocycles. The van der Waals surface area contributed by atoms with E-state index in [1.165, 1.54) is 0 Å². The van der Waals surface area contributed by atoms with Gasteiger partial charge in [-0.25, -0.2) is 8.42 Å². The summed E-state index contributed by atoms with van der Waals surface area (Å²) in [6.07, 6.45) is 1.37. The molecule has 1 heterocycles. The first-order chi connectivity index (χ1) is 9.52. The molecule has 0 radical (unpaired) electrons. The van der Waals surface area contributed by atoms with Crippen molar-refractivity contribution < 1.29 is 18.3 Å². The quantitative estimate of drug-likeness (QED) is 0.875. The fourth-order valence-corrected chi connectivity index (χ4v) is 4.48. The maximum Gasteiger partial charge on any atom is 0.150 e. The third kappa shape index (κ3) is 3.96. The molecule has 2 atom stereocenters. The number of aliphatic hydroxyl groups excluding tert-OH is 1. The lowest BCUT2D eigenvalue weighted by Crippen LogP contribution is -2.11. The maximum absolute atomic E-state index is 11.5. The van der Waals surface area contributed by atoms with Crippen LogP contribution in [0.3, 0.4) is 0 Å². The van der Waals surface area contributed by atoms with E-state index in [-0.39, 0.29) is 17.4 Å². The highest BCUT2D eigenvalue weighted by Crippen LogP contribution is 2.33. The fourth-order valence-electron chi connectivity index (χ4n) is 2.60. The smallest absolute Gasteiger partial charge is 0.150 e. The second-order valence-corrected chi connectivity index (χ2v) is 7.64. The highest BCUT2D eigenvalue weighted by atomic mass is 32.2. The molecule has 1 saturated heterocycles. The maximum atomic E-state index is 11.5. The highest BCUT2D eigenvalue weighted by Gasteiger charge is 2.30. The van der Waals surface area contributed by atoms with Crippen LogP contribution in [0, 0.1) is 5.92 Å². The summed E-state index contributed by atoms with van der Waals surface area (Å²) < 4.78 is 28.6. The van der Waals surface area contributed by atoms with Gasteiger partial charge in [0.2, 0.25) is 0 Å². The van der Waals surface area contributed by atoms with Crippen LogP contribution < -0.4 is 4.74 Å². The summed E-state index contributed by atoms with van der Waals surface area (Å²) in [5.41, 5.74) is 0.755. The molecule has 0 aromatic heterocycles. The van der Waals surface area contributed by atoms with Crippen molar-refractivity contribution in [2.24, 2.45) is 5.92 Å². The number of sulfone groups is 1. The van der Waals surface area contributed by atoms with Gasteiger partial charge in [-0.2, -0.15) is 0 Å². The Morgan fingerprint density at radius 1 is 1.40 bits per heavy atom. The zero-order valence-corrected chi connectivity index (χ0v) is 12.6. The van der Waals surface area contributed by atoms with Gasteiger partial charge < -0.3 is 9.84 Å². The normalized spacial score (nSPS) is 22.6. The predicted octanol–water partition coefficient (Wildman–Crippen LogP) is 2.33. The number of benzene rings is 1. The summed E-state index contributed by atoms with van der Waals surface area (Å²) in [4.78, 5) is 0. The summed E-state index contributed by atoms with van der Waals surface area (Å²) >= 11 is 0. The number of para-hydroxylation sites is 1. The van der Waals surface area contributed by atoms with E-state index in [1.54, 1.807) is 0 Å². The molecule has 1 fully saturated rings. The first-order valence-electron chi connectivity index (χ1n) is 7.12. The molecule has 20 heavy (non-hydrogen) atoms. The van der Waals surface area contributed by atoms with Crippen molar-refractivity contribution >= 4 is 9.84 Å². The van der Waals surface area contributed by atoms with Crippen LogP contribution in [-0.4, -0.2) is 31.6 Å². The molecule has 0 aliphatic carbocycles. The summed E-state index contributed by atoms with van der Waals surface area (Å²) in [5, 5.41) is 10.4. The molecule has 1 aromatic rings. The van der Waals surface area contributed by atoms with Crippen molar-refractivity contribution in [3.05, 3.63) is 29.8 Å². The Bertz CT molecular complexity index is 539. The average Bonchev–Trinajstić information content (AvgIpc) is 2.76. The van der Waals surface area contributed by atoms with Gasteiger partial charge >= 0.3 is 0 Å². The fraction of sp³-hybridized carbons (Fsp3) is 0.600. The molecular weight excluding hydrogens is 276 g/mol. The van der Waals surface area contributed by atoms with Crippen molar-refractivity contribution in [3.63, 3.8) is 0 Å². The van der Waals surface area contributed by atoms with Gasteiger partial charge in [-0.05, 0) is 31.2 Å². The van der Waals surface area contributed by atoms with Crippen LogP contribution in [0.15, 0.2) is 24.3 Å². The molecule has 1 aliphatic rings. The monoisotopic (exact) mass is 298 g/mol. The molecule has 2 rings (SSSR count). The van der Waals surface area contributed by atoms with Crippen molar-refractivity contribution in [3.8, 4) is 5.75 Å². The van der Waals surface area contributed by atoms with Gasteiger partial charge in [0.15, 0.2) is 9.84 Å². The van der Waals surface area contributed by atoms with Crippen LogP contribution in [0.4, 0.5) is 0 Å². The van der Waals surface area contributed by atoms with Crippen LogP contribution >= 0.6 is 0 Å². The molecule has 0 bridgehead atoms. The molecule has 2 unspecified atom stereocenters. The second-order valence-electron chi connectivity index (χ2n) is 5.41. The summed E-state index contributed by atoms with van der Waals surface area (Å²) in [7, 11) is -2.89. The molecule has 112 valence electrons. The predicted molar refractivity (Wildman–Crippen MR) is 78.6 cm³/mol. The van der Waals surface area contributed by atoms with Gasteiger partial charge in [0.1, 0.15) is 5.75 Å². The molecule has 0 amide bonds. The molecule has 1 aliphatic heterocycles. The number of ether oxygens (including phenoxy) is 1. The average molecular weight is 298 g/mol. The van der Waals surface area contributed by atoms with Gasteiger partial charge in [-0.15, -0.1) is 0 Å². The number of hydrogen-bond acceptors (Lipinski definition) is 4. The van der Waals surface area contributed by atoms with Crippen molar-refractivity contribution in [2.75, 3.05) is 18.1 Å². The molecule has 1 aromatic carbocycles. The zero-order valence-electron chi connectivity index (χ0n) is 11.8. The minimum atomic E-state index is -2.89. The van der Waals surface area contributed by atoms with E-state index < -0.39 is 15.9 Å². The topological polar surface area (TPSA) is 63.6 Å². The van der Waals surface area contributed by atoms with Crippen LogP contribution in [0.1, 0.15) is 37.9 Å². The van der Waals surface area contributed by atoms with Gasteiger partial charge in [0, 0.05) is 5.56 Å². The first kappa shape index (κ1) is 15.3. The van der Waals surface area contributed by atoms with E-state index in [9.17, 15) is 13.5 Å². The standard InChI is InChI=1S/C15H22O4S/c1-2-8-19-15-6-4-3-5-13(15)14(16)10-12-7-9-20(17,18)11-12/h3-6,12,14,16H,2,7-11H2,1H3. The van der Waals surface area contributed by atoms with Crippen LogP contribution in [0.2, 0.25) is 0 Å². The first-order valence-corrected chi connectivity index (χ1v) is 8.94. The minimum Gasteiger partial charge on any atom is -0.493 e. The number of hydrogen-bond donors (Lipinski definition) is 1. The van der Waals surface area contributed by atoms with E-state index in [0.29, 0.717) is 25.2 Å². The highest BCUT2D eigenvalue weighted by molar-refractivity contribution is 7.91. The van der Waals surface area contributed by atoms with Crippen molar-refractivity contribution in [1.29, 1.82) is 0 Å². The number of rotatable bonds is 6. The summed E-state index contributed by atoms with van der Waals surface area (Å²) in [5.74, 6) is 1.19. The van der Waals surface area contributed by atoms with E-state index in [1.807, 2.05) is 31.2 Å². The molecule has 5 heteroatoms. The van der Waals surface area contributed by atoms with Crippen LogP contribution in [0.5, 0.6) is 5.75 Å². The largest absolute Gasteiger partial charge is 0.493 e. The van der Waals surface area contributed by atoms with Gasteiger partial charge in [0.05, 0.1) is 24.2 Å². The Hall–Kier alpha value is -1.07. The van der Waals surface area contributed by atoms with Gasteiger partial charge in [0.25, 0.3) is 0 Å². The van der Waals surface area contributed by atoms with Gasteiger partial charge in [-0.3, -0.25) is 0 Å². The zero-order chi connectivity index (χ0) is 14.6. The lowest BCUT2D eigenvalue weighted by molar-refractivity contribution is 0.143. The summed E-state index contributed by atoms with van der Waals surface area (Å²) in [6.45, 7) is 2.64. The van der Waals surface area contributed by atoms with Crippen LogP contribution in [-0.2, 0) is 9.84 Å². The van der Waals surface area contributed by atoms with E-state index >= 15 is 0 Å². The minimum absolute atomic E-state index is 0.0502. The Morgan fingerprint density at radius 3 is 2.80 bits per heavy atom. The molecule has 1 N–H and O–H groups in total. The Morgan fingerprint density at radius 2 is 2.15 bits per heavy atom. The Labute approximate surface area is 120 Å². The molecular formula is C15H22O4S.